The first kappa shape index (κ1) is 15.3. The van der Waals surface area contributed by atoms with Gasteiger partial charge in [-0.2, -0.15) is 13.2 Å². The lowest BCUT2D eigenvalue weighted by molar-refractivity contribution is -0.137. The molecule has 1 unspecified atom stereocenters. The Hall–Kier alpha value is -0.750. The standard InChI is InChI=1S/C12H15BrF3NO/c1-7(2)11(18)6-17-10-5-8(12(14,15)16)3-4-9(10)13/h3-5,7,11,17-18H,6H2,1-2H3. The summed E-state index contributed by atoms with van der Waals surface area (Å²) in [6.45, 7) is 3.89. The normalized spacial score (nSPS) is 13.8. The number of anilines is 1. The van der Waals surface area contributed by atoms with E-state index >= 15 is 0 Å². The molecule has 2 N–H and O–H groups in total. The number of hydrogen-bond donors (Lipinski definition) is 2. The zero-order chi connectivity index (χ0) is 13.9. The van der Waals surface area contributed by atoms with E-state index in [0.29, 0.717) is 10.2 Å². The number of halogens is 4. The SMILES string of the molecule is CC(C)C(O)CNc1cc(C(F)(F)F)ccc1Br. The van der Waals surface area contributed by atoms with Gasteiger partial charge in [0.25, 0.3) is 0 Å². The van der Waals surface area contributed by atoms with Gasteiger partial charge in [-0.3, -0.25) is 0 Å². The molecule has 0 saturated carbocycles. The Balaban J connectivity index is 2.82. The third-order valence-electron chi connectivity index (χ3n) is 2.56. The number of nitrogens with one attached hydrogen (secondary N) is 1. The topological polar surface area (TPSA) is 32.3 Å². The van der Waals surface area contributed by atoms with Gasteiger partial charge >= 0.3 is 6.18 Å². The zero-order valence-corrected chi connectivity index (χ0v) is 11.6. The molecule has 6 heteroatoms. The van der Waals surface area contributed by atoms with Crippen molar-refractivity contribution in [3.05, 3.63) is 28.2 Å². The summed E-state index contributed by atoms with van der Waals surface area (Å²) in [7, 11) is 0. The monoisotopic (exact) mass is 325 g/mol. The van der Waals surface area contributed by atoms with Crippen LogP contribution in [0.25, 0.3) is 0 Å². The van der Waals surface area contributed by atoms with Gasteiger partial charge in [0.15, 0.2) is 0 Å². The van der Waals surface area contributed by atoms with Crippen LogP contribution in [0.4, 0.5) is 18.9 Å². The van der Waals surface area contributed by atoms with Crippen molar-refractivity contribution in [3.8, 4) is 0 Å². The molecule has 1 aromatic carbocycles. The molecule has 1 atom stereocenters. The maximum absolute atomic E-state index is 12.5. The lowest BCUT2D eigenvalue weighted by Crippen LogP contribution is -2.25. The fourth-order valence-electron chi connectivity index (χ4n) is 1.29. The van der Waals surface area contributed by atoms with Gasteiger partial charge in [0.1, 0.15) is 0 Å². The molecule has 0 radical (unpaired) electrons. The van der Waals surface area contributed by atoms with Crippen molar-refractivity contribution in [2.45, 2.75) is 26.1 Å². The summed E-state index contributed by atoms with van der Waals surface area (Å²) in [5.74, 6) is 0.0436. The van der Waals surface area contributed by atoms with Crippen molar-refractivity contribution in [2.24, 2.45) is 5.92 Å². The van der Waals surface area contributed by atoms with E-state index in [2.05, 4.69) is 21.2 Å². The molecule has 0 spiro atoms. The molecular weight excluding hydrogens is 311 g/mol. The third-order valence-corrected chi connectivity index (χ3v) is 3.26. The van der Waals surface area contributed by atoms with E-state index in [1.54, 1.807) is 0 Å². The molecule has 102 valence electrons. The molecule has 0 aliphatic rings. The predicted molar refractivity (Wildman–Crippen MR) is 68.5 cm³/mol. The Morgan fingerprint density at radius 2 is 1.94 bits per heavy atom. The molecule has 18 heavy (non-hydrogen) atoms. The highest BCUT2D eigenvalue weighted by atomic mass is 79.9. The molecular formula is C12H15BrF3NO. The van der Waals surface area contributed by atoms with Crippen LogP contribution in [0, 0.1) is 5.92 Å². The lowest BCUT2D eigenvalue weighted by Gasteiger charge is -2.17. The Morgan fingerprint density at radius 1 is 1.33 bits per heavy atom. The molecule has 0 aliphatic carbocycles. The van der Waals surface area contributed by atoms with Crippen molar-refractivity contribution in [1.29, 1.82) is 0 Å². The van der Waals surface area contributed by atoms with E-state index in [9.17, 15) is 18.3 Å². The van der Waals surface area contributed by atoms with Crippen LogP contribution in [-0.2, 0) is 6.18 Å². The number of benzene rings is 1. The van der Waals surface area contributed by atoms with Crippen LogP contribution in [0.15, 0.2) is 22.7 Å². The molecule has 0 aromatic heterocycles. The quantitative estimate of drug-likeness (QED) is 0.880. The van der Waals surface area contributed by atoms with Gasteiger partial charge in [-0.15, -0.1) is 0 Å². The second kappa shape index (κ2) is 5.93. The first-order valence-electron chi connectivity index (χ1n) is 5.50. The minimum atomic E-state index is -4.37. The van der Waals surface area contributed by atoms with Crippen molar-refractivity contribution >= 4 is 21.6 Å². The third kappa shape index (κ3) is 4.17. The van der Waals surface area contributed by atoms with Gasteiger partial charge in [0, 0.05) is 16.7 Å². The Morgan fingerprint density at radius 3 is 2.44 bits per heavy atom. The number of hydrogen-bond acceptors (Lipinski definition) is 2. The number of aliphatic hydroxyl groups excluding tert-OH is 1. The molecule has 1 aromatic rings. The van der Waals surface area contributed by atoms with E-state index in [1.807, 2.05) is 13.8 Å². The highest BCUT2D eigenvalue weighted by molar-refractivity contribution is 9.10. The predicted octanol–water partition coefficient (Wildman–Crippen LogP) is 3.90. The second-order valence-electron chi connectivity index (χ2n) is 4.38. The summed E-state index contributed by atoms with van der Waals surface area (Å²) >= 11 is 3.17. The van der Waals surface area contributed by atoms with Crippen molar-refractivity contribution in [2.75, 3.05) is 11.9 Å². The van der Waals surface area contributed by atoms with Gasteiger partial charge in [-0.1, -0.05) is 13.8 Å². The highest BCUT2D eigenvalue weighted by Gasteiger charge is 2.30. The van der Waals surface area contributed by atoms with Crippen molar-refractivity contribution in [1.82, 2.24) is 0 Å². The minimum absolute atomic E-state index is 0.0436. The average Bonchev–Trinajstić information content (AvgIpc) is 2.25. The van der Waals surface area contributed by atoms with E-state index in [1.165, 1.54) is 6.07 Å². The van der Waals surface area contributed by atoms with Gasteiger partial charge in [0.05, 0.1) is 11.7 Å². The van der Waals surface area contributed by atoms with E-state index < -0.39 is 17.8 Å². The van der Waals surface area contributed by atoms with Gasteiger partial charge in [0.2, 0.25) is 0 Å². The molecule has 0 aliphatic heterocycles. The van der Waals surface area contributed by atoms with Crippen LogP contribution >= 0.6 is 15.9 Å². The summed E-state index contributed by atoms with van der Waals surface area (Å²) < 4.78 is 38.1. The molecule has 2 nitrogen and oxygen atoms in total. The largest absolute Gasteiger partial charge is 0.416 e. The van der Waals surface area contributed by atoms with E-state index in [0.717, 1.165) is 12.1 Å². The summed E-state index contributed by atoms with van der Waals surface area (Å²) in [6.07, 6.45) is -4.97. The summed E-state index contributed by atoms with van der Waals surface area (Å²) in [5.41, 5.74) is -0.392. The lowest BCUT2D eigenvalue weighted by atomic mass is 10.1. The van der Waals surface area contributed by atoms with E-state index in [-0.39, 0.29) is 12.5 Å². The van der Waals surface area contributed by atoms with Crippen LogP contribution in [-0.4, -0.2) is 17.8 Å². The number of aliphatic hydroxyl groups is 1. The van der Waals surface area contributed by atoms with Crippen LogP contribution < -0.4 is 5.32 Å². The first-order chi connectivity index (χ1) is 8.21. The van der Waals surface area contributed by atoms with Gasteiger partial charge < -0.3 is 10.4 Å². The van der Waals surface area contributed by atoms with Gasteiger partial charge in [-0.25, -0.2) is 0 Å². The average molecular weight is 326 g/mol. The molecule has 1 rings (SSSR count). The Bertz CT molecular complexity index is 407. The van der Waals surface area contributed by atoms with Crippen LogP contribution in [0.1, 0.15) is 19.4 Å². The number of alkyl halides is 3. The van der Waals surface area contributed by atoms with Crippen molar-refractivity contribution < 1.29 is 18.3 Å². The Kier molecular flexibility index (Phi) is 5.04. The summed E-state index contributed by atoms with van der Waals surface area (Å²) in [5, 5.41) is 12.4. The first-order valence-corrected chi connectivity index (χ1v) is 6.29. The zero-order valence-electron chi connectivity index (χ0n) is 10.1. The van der Waals surface area contributed by atoms with Crippen LogP contribution in [0.2, 0.25) is 0 Å². The highest BCUT2D eigenvalue weighted by Crippen LogP contribution is 2.33. The van der Waals surface area contributed by atoms with E-state index in [4.69, 9.17) is 0 Å². The molecule has 0 saturated heterocycles. The van der Waals surface area contributed by atoms with Crippen LogP contribution in [0.5, 0.6) is 0 Å². The fraction of sp³-hybridized carbons (Fsp3) is 0.500. The number of rotatable bonds is 4. The van der Waals surface area contributed by atoms with Crippen molar-refractivity contribution in [3.63, 3.8) is 0 Å². The summed E-state index contributed by atoms with van der Waals surface area (Å²) in [4.78, 5) is 0. The minimum Gasteiger partial charge on any atom is -0.391 e. The van der Waals surface area contributed by atoms with Gasteiger partial charge in [-0.05, 0) is 40.0 Å². The smallest absolute Gasteiger partial charge is 0.391 e. The summed E-state index contributed by atoms with van der Waals surface area (Å²) in [6, 6.07) is 3.37. The maximum atomic E-state index is 12.5. The van der Waals surface area contributed by atoms with Crippen LogP contribution in [0.3, 0.4) is 0 Å². The molecule has 0 bridgehead atoms. The molecule has 0 fully saturated rings. The second-order valence-corrected chi connectivity index (χ2v) is 5.24. The Labute approximate surface area is 112 Å². The maximum Gasteiger partial charge on any atom is 0.416 e. The fourth-order valence-corrected chi connectivity index (χ4v) is 1.67. The molecule has 0 heterocycles. The molecule has 0 amide bonds.